The number of carbonyl (C=O) groups is 1. The van der Waals surface area contributed by atoms with E-state index in [1.807, 2.05) is 30.3 Å². The lowest BCUT2D eigenvalue weighted by Crippen LogP contribution is -2.24. The van der Waals surface area contributed by atoms with Crippen molar-refractivity contribution in [2.75, 3.05) is 6.61 Å². The minimum absolute atomic E-state index is 0.417. The van der Waals surface area contributed by atoms with Crippen LogP contribution in [0.4, 0.5) is 0 Å². The van der Waals surface area contributed by atoms with Gasteiger partial charge in [-0.3, -0.25) is 4.79 Å². The summed E-state index contributed by atoms with van der Waals surface area (Å²) >= 11 is 0. The fraction of sp³-hybridized carbons (Fsp3) is 0.588. The minimum Gasteiger partial charge on any atom is -0.367 e. The molecule has 3 heteroatoms. The Morgan fingerprint density at radius 3 is 2.25 bits per heavy atom. The van der Waals surface area contributed by atoms with Crippen LogP contribution in [0.25, 0.3) is 0 Å². The van der Waals surface area contributed by atoms with Gasteiger partial charge in [0.2, 0.25) is 0 Å². The number of amides is 1. The Labute approximate surface area is 122 Å². The van der Waals surface area contributed by atoms with Gasteiger partial charge in [-0.25, -0.2) is 0 Å². The van der Waals surface area contributed by atoms with E-state index in [-0.39, 0.29) is 0 Å². The predicted molar refractivity (Wildman–Crippen MR) is 82.3 cm³/mol. The molecule has 0 saturated heterocycles. The lowest BCUT2D eigenvalue weighted by molar-refractivity contribution is -0.130. The maximum atomic E-state index is 11.4. The fourth-order valence-electron chi connectivity index (χ4n) is 2.23. The van der Waals surface area contributed by atoms with Gasteiger partial charge < -0.3 is 10.5 Å². The smallest absolute Gasteiger partial charge is 0.251 e. The van der Waals surface area contributed by atoms with Crippen molar-refractivity contribution in [2.24, 2.45) is 5.73 Å². The summed E-state index contributed by atoms with van der Waals surface area (Å²) in [6.07, 6.45) is 8.00. The van der Waals surface area contributed by atoms with E-state index in [2.05, 4.69) is 6.92 Å². The Morgan fingerprint density at radius 2 is 1.65 bits per heavy atom. The first-order valence-corrected chi connectivity index (χ1v) is 7.71. The molecule has 20 heavy (non-hydrogen) atoms. The van der Waals surface area contributed by atoms with E-state index in [0.29, 0.717) is 6.61 Å². The average molecular weight is 277 g/mol. The average Bonchev–Trinajstić information content (AvgIpc) is 2.46. The van der Waals surface area contributed by atoms with Crippen molar-refractivity contribution in [3.63, 3.8) is 0 Å². The molecule has 1 unspecified atom stereocenters. The summed E-state index contributed by atoms with van der Waals surface area (Å²) in [4.78, 5) is 11.4. The molecule has 1 aromatic carbocycles. The molecule has 112 valence electrons. The lowest BCUT2D eigenvalue weighted by atomic mass is 10.1. The molecule has 1 atom stereocenters. The second-order valence-corrected chi connectivity index (χ2v) is 5.19. The van der Waals surface area contributed by atoms with Crippen molar-refractivity contribution in [3.8, 4) is 0 Å². The Kier molecular flexibility index (Phi) is 8.72. The van der Waals surface area contributed by atoms with Crippen molar-refractivity contribution < 1.29 is 9.53 Å². The van der Waals surface area contributed by atoms with Gasteiger partial charge in [0, 0.05) is 6.61 Å². The van der Waals surface area contributed by atoms with Crippen LogP contribution in [0.2, 0.25) is 0 Å². The SMILES string of the molecule is CCCCCCCCCOC(C(N)=O)c1ccccc1. The summed E-state index contributed by atoms with van der Waals surface area (Å²) in [5, 5.41) is 0. The lowest BCUT2D eigenvalue weighted by Gasteiger charge is -2.14. The highest BCUT2D eigenvalue weighted by Gasteiger charge is 2.17. The highest BCUT2D eigenvalue weighted by molar-refractivity contribution is 5.80. The first-order valence-electron chi connectivity index (χ1n) is 7.71. The molecule has 1 amide bonds. The molecule has 2 N–H and O–H groups in total. The molecule has 0 aliphatic heterocycles. The molecule has 0 heterocycles. The fourth-order valence-corrected chi connectivity index (χ4v) is 2.23. The molecule has 0 saturated carbocycles. The highest BCUT2D eigenvalue weighted by atomic mass is 16.5. The third-order valence-electron chi connectivity index (χ3n) is 3.39. The largest absolute Gasteiger partial charge is 0.367 e. The van der Waals surface area contributed by atoms with Crippen molar-refractivity contribution in [1.82, 2.24) is 0 Å². The second-order valence-electron chi connectivity index (χ2n) is 5.19. The van der Waals surface area contributed by atoms with E-state index in [4.69, 9.17) is 10.5 Å². The van der Waals surface area contributed by atoms with E-state index in [1.165, 1.54) is 32.1 Å². The van der Waals surface area contributed by atoms with Gasteiger partial charge in [-0.15, -0.1) is 0 Å². The Bertz CT molecular complexity index is 365. The molecule has 0 radical (unpaired) electrons. The van der Waals surface area contributed by atoms with Crippen molar-refractivity contribution in [1.29, 1.82) is 0 Å². The first kappa shape index (κ1) is 16.7. The van der Waals surface area contributed by atoms with E-state index in [9.17, 15) is 4.79 Å². The summed E-state index contributed by atoms with van der Waals surface area (Å²) in [5.41, 5.74) is 6.24. The van der Waals surface area contributed by atoms with Gasteiger partial charge in [0.1, 0.15) is 0 Å². The monoisotopic (exact) mass is 277 g/mol. The third kappa shape index (κ3) is 6.71. The number of primary amides is 1. The molecular weight excluding hydrogens is 250 g/mol. The van der Waals surface area contributed by atoms with Crippen LogP contribution in [-0.2, 0) is 9.53 Å². The number of benzene rings is 1. The number of nitrogens with two attached hydrogens (primary N) is 1. The molecule has 0 bridgehead atoms. The topological polar surface area (TPSA) is 52.3 Å². The number of ether oxygens (including phenoxy) is 1. The Hall–Kier alpha value is -1.35. The Balaban J connectivity index is 2.19. The molecule has 0 aromatic heterocycles. The summed E-state index contributed by atoms with van der Waals surface area (Å²) in [5.74, 6) is -0.417. The second kappa shape index (κ2) is 10.4. The van der Waals surface area contributed by atoms with Crippen molar-refractivity contribution in [3.05, 3.63) is 35.9 Å². The van der Waals surface area contributed by atoms with E-state index in [1.54, 1.807) is 0 Å². The summed E-state index contributed by atoms with van der Waals surface area (Å²) < 4.78 is 5.64. The van der Waals surface area contributed by atoms with Crippen molar-refractivity contribution >= 4 is 5.91 Å². The Morgan fingerprint density at radius 1 is 1.05 bits per heavy atom. The van der Waals surface area contributed by atoms with Gasteiger partial charge in [-0.1, -0.05) is 75.8 Å². The van der Waals surface area contributed by atoms with Gasteiger partial charge in [0.25, 0.3) is 5.91 Å². The van der Waals surface area contributed by atoms with Crippen LogP contribution < -0.4 is 5.73 Å². The van der Waals surface area contributed by atoms with Gasteiger partial charge in [-0.05, 0) is 12.0 Å². The van der Waals surface area contributed by atoms with E-state index >= 15 is 0 Å². The number of carbonyl (C=O) groups excluding carboxylic acids is 1. The van der Waals surface area contributed by atoms with Crippen LogP contribution in [0.15, 0.2) is 30.3 Å². The summed E-state index contributed by atoms with van der Waals surface area (Å²) in [6.45, 7) is 2.82. The zero-order chi connectivity index (χ0) is 14.6. The maximum Gasteiger partial charge on any atom is 0.251 e. The van der Waals surface area contributed by atoms with E-state index in [0.717, 1.165) is 18.4 Å². The molecule has 1 rings (SSSR count). The van der Waals surface area contributed by atoms with Crippen LogP contribution in [0.1, 0.15) is 63.5 Å². The normalized spacial score (nSPS) is 12.2. The number of hydrogen-bond acceptors (Lipinski definition) is 2. The molecule has 1 aromatic rings. The number of unbranched alkanes of at least 4 members (excludes halogenated alkanes) is 6. The molecule has 0 spiro atoms. The molecular formula is C17H27NO2. The van der Waals surface area contributed by atoms with Crippen LogP contribution in [0.3, 0.4) is 0 Å². The summed E-state index contributed by atoms with van der Waals surface area (Å²) in [6, 6.07) is 9.45. The van der Waals surface area contributed by atoms with Gasteiger partial charge in [0.05, 0.1) is 0 Å². The summed E-state index contributed by atoms with van der Waals surface area (Å²) in [7, 11) is 0. The van der Waals surface area contributed by atoms with Crippen LogP contribution in [-0.4, -0.2) is 12.5 Å². The number of rotatable bonds is 11. The first-order chi connectivity index (χ1) is 9.75. The molecule has 3 nitrogen and oxygen atoms in total. The number of hydrogen-bond donors (Lipinski definition) is 1. The maximum absolute atomic E-state index is 11.4. The quantitative estimate of drug-likeness (QED) is 0.622. The minimum atomic E-state index is -0.615. The van der Waals surface area contributed by atoms with Gasteiger partial charge in [-0.2, -0.15) is 0 Å². The molecule has 0 aliphatic carbocycles. The zero-order valence-electron chi connectivity index (χ0n) is 12.5. The van der Waals surface area contributed by atoms with Gasteiger partial charge in [0.15, 0.2) is 6.10 Å². The third-order valence-corrected chi connectivity index (χ3v) is 3.39. The predicted octanol–water partition coefficient (Wildman–Crippen LogP) is 3.98. The standard InChI is InChI=1S/C17H27NO2/c1-2-3-4-5-6-7-11-14-20-16(17(18)19)15-12-9-8-10-13-15/h8-10,12-13,16H,2-7,11,14H2,1H3,(H2,18,19). The van der Waals surface area contributed by atoms with Crippen LogP contribution in [0.5, 0.6) is 0 Å². The zero-order valence-corrected chi connectivity index (χ0v) is 12.5. The van der Waals surface area contributed by atoms with Gasteiger partial charge >= 0.3 is 0 Å². The highest BCUT2D eigenvalue weighted by Crippen LogP contribution is 2.17. The molecule has 0 fully saturated rings. The van der Waals surface area contributed by atoms with Crippen LogP contribution >= 0.6 is 0 Å². The van der Waals surface area contributed by atoms with Crippen molar-refractivity contribution in [2.45, 2.75) is 58.0 Å². The van der Waals surface area contributed by atoms with E-state index < -0.39 is 12.0 Å². The van der Waals surface area contributed by atoms with Crippen LogP contribution in [0, 0.1) is 0 Å². The molecule has 0 aliphatic rings.